The summed E-state index contributed by atoms with van der Waals surface area (Å²) >= 11 is 0. The molecule has 0 aliphatic carbocycles. The Bertz CT molecular complexity index is 1190. The lowest BCUT2D eigenvalue weighted by Gasteiger charge is -2.36. The molecule has 0 atom stereocenters. The number of piperazine rings is 1. The van der Waals surface area contributed by atoms with Gasteiger partial charge in [-0.3, -0.25) is 4.79 Å². The fraction of sp³-hybridized carbons (Fsp3) is 0.333. The minimum absolute atomic E-state index is 0.0720. The number of rotatable bonds is 5. The van der Waals surface area contributed by atoms with Crippen LogP contribution in [0.2, 0.25) is 0 Å². The number of amides is 3. The minimum atomic E-state index is -0.258. The second kappa shape index (κ2) is 10.9. The molecule has 6 nitrogen and oxygen atoms in total. The first kappa shape index (κ1) is 25.3. The van der Waals surface area contributed by atoms with Crippen LogP contribution in [0.5, 0.6) is 0 Å². The largest absolute Gasteiger partial charge is 0.368 e. The number of anilines is 3. The Morgan fingerprint density at radius 3 is 2.06 bits per heavy atom. The molecule has 0 unspecified atom stereocenters. The highest BCUT2D eigenvalue weighted by Crippen LogP contribution is 2.24. The standard InChI is InChI=1S/C30H36N4O2/c1-5-22-8-6-7-9-27(22)32-29(36)31-25-14-16-26(17-15-25)33-18-20-34(21-19-33)28(35)23-10-12-24(13-11-23)30(2,3)4/h6-17H,5,18-21H2,1-4H3,(H2,31,32,36). The molecule has 1 saturated heterocycles. The highest BCUT2D eigenvalue weighted by atomic mass is 16.2. The fourth-order valence-electron chi connectivity index (χ4n) is 4.45. The molecule has 3 amide bonds. The molecule has 3 aromatic rings. The molecule has 0 aromatic heterocycles. The lowest BCUT2D eigenvalue weighted by molar-refractivity contribution is 0.0746. The van der Waals surface area contributed by atoms with Gasteiger partial charge in [-0.05, 0) is 65.4 Å². The summed E-state index contributed by atoms with van der Waals surface area (Å²) < 4.78 is 0. The molecule has 1 aliphatic rings. The van der Waals surface area contributed by atoms with E-state index in [1.807, 2.05) is 65.6 Å². The number of aryl methyl sites for hydroxylation is 1. The van der Waals surface area contributed by atoms with Gasteiger partial charge < -0.3 is 20.4 Å². The van der Waals surface area contributed by atoms with Crippen LogP contribution < -0.4 is 15.5 Å². The Morgan fingerprint density at radius 2 is 1.44 bits per heavy atom. The molecule has 2 N–H and O–H groups in total. The summed E-state index contributed by atoms with van der Waals surface area (Å²) in [6.45, 7) is 11.5. The van der Waals surface area contributed by atoms with Crippen molar-refractivity contribution in [1.82, 2.24) is 4.90 Å². The van der Waals surface area contributed by atoms with Crippen LogP contribution in [-0.2, 0) is 11.8 Å². The van der Waals surface area contributed by atoms with E-state index in [0.717, 1.165) is 47.7 Å². The third-order valence-electron chi connectivity index (χ3n) is 6.70. The van der Waals surface area contributed by atoms with Crippen LogP contribution in [0.3, 0.4) is 0 Å². The summed E-state index contributed by atoms with van der Waals surface area (Å²) in [6.07, 6.45) is 0.855. The van der Waals surface area contributed by atoms with Crippen LogP contribution in [0.4, 0.5) is 21.9 Å². The van der Waals surface area contributed by atoms with Gasteiger partial charge in [-0.15, -0.1) is 0 Å². The van der Waals surface area contributed by atoms with Crippen LogP contribution in [0, 0.1) is 0 Å². The Hall–Kier alpha value is -3.80. The van der Waals surface area contributed by atoms with E-state index in [9.17, 15) is 9.59 Å². The predicted molar refractivity (Wildman–Crippen MR) is 148 cm³/mol. The average molecular weight is 485 g/mol. The normalized spacial score (nSPS) is 13.9. The van der Waals surface area contributed by atoms with Gasteiger partial charge in [0.1, 0.15) is 0 Å². The van der Waals surface area contributed by atoms with Crippen LogP contribution in [0.1, 0.15) is 49.2 Å². The van der Waals surface area contributed by atoms with E-state index in [1.54, 1.807) is 0 Å². The minimum Gasteiger partial charge on any atom is -0.368 e. The van der Waals surface area contributed by atoms with Crippen molar-refractivity contribution in [2.75, 3.05) is 41.7 Å². The van der Waals surface area contributed by atoms with Gasteiger partial charge in [-0.1, -0.05) is 58.0 Å². The Kier molecular flexibility index (Phi) is 7.63. The Morgan fingerprint density at radius 1 is 0.806 bits per heavy atom. The first-order valence-electron chi connectivity index (χ1n) is 12.7. The maximum absolute atomic E-state index is 13.0. The molecular formula is C30H36N4O2. The van der Waals surface area contributed by atoms with Crippen molar-refractivity contribution in [3.05, 3.63) is 89.5 Å². The second-order valence-electron chi connectivity index (χ2n) is 10.2. The molecule has 1 heterocycles. The fourth-order valence-corrected chi connectivity index (χ4v) is 4.45. The molecule has 188 valence electrons. The first-order valence-corrected chi connectivity index (χ1v) is 12.7. The second-order valence-corrected chi connectivity index (χ2v) is 10.2. The molecule has 1 aliphatic heterocycles. The summed E-state index contributed by atoms with van der Waals surface area (Å²) in [4.78, 5) is 29.6. The number of urea groups is 1. The topological polar surface area (TPSA) is 64.7 Å². The van der Waals surface area contributed by atoms with Crippen molar-refractivity contribution < 1.29 is 9.59 Å². The van der Waals surface area contributed by atoms with E-state index in [4.69, 9.17) is 0 Å². The van der Waals surface area contributed by atoms with Crippen LogP contribution in [-0.4, -0.2) is 43.0 Å². The number of nitrogens with one attached hydrogen (secondary N) is 2. The van der Waals surface area contributed by atoms with Crippen LogP contribution >= 0.6 is 0 Å². The molecule has 1 fully saturated rings. The third kappa shape index (κ3) is 6.06. The highest BCUT2D eigenvalue weighted by molar-refractivity contribution is 6.00. The van der Waals surface area contributed by atoms with Gasteiger partial charge >= 0.3 is 6.03 Å². The lowest BCUT2D eigenvalue weighted by Crippen LogP contribution is -2.48. The number of para-hydroxylation sites is 1. The van der Waals surface area contributed by atoms with E-state index < -0.39 is 0 Å². The van der Waals surface area contributed by atoms with Crippen molar-refractivity contribution in [2.45, 2.75) is 39.5 Å². The quantitative estimate of drug-likeness (QED) is 0.456. The molecule has 4 rings (SSSR count). The van der Waals surface area contributed by atoms with Gasteiger partial charge in [0.05, 0.1) is 0 Å². The van der Waals surface area contributed by atoms with Crippen LogP contribution in [0.15, 0.2) is 72.8 Å². The zero-order valence-electron chi connectivity index (χ0n) is 21.7. The number of carbonyl (C=O) groups excluding carboxylic acids is 2. The van der Waals surface area contributed by atoms with Crippen molar-refractivity contribution in [1.29, 1.82) is 0 Å². The number of hydrogen-bond acceptors (Lipinski definition) is 3. The van der Waals surface area contributed by atoms with E-state index in [2.05, 4.69) is 55.4 Å². The zero-order chi connectivity index (χ0) is 25.7. The molecule has 6 heteroatoms. The van der Waals surface area contributed by atoms with Gasteiger partial charge in [0.15, 0.2) is 0 Å². The smallest absolute Gasteiger partial charge is 0.323 e. The summed E-state index contributed by atoms with van der Waals surface area (Å²) in [5, 5.41) is 5.83. The SMILES string of the molecule is CCc1ccccc1NC(=O)Nc1ccc(N2CCN(C(=O)c3ccc(C(C)(C)C)cc3)CC2)cc1. The van der Waals surface area contributed by atoms with Gasteiger partial charge in [0.25, 0.3) is 5.91 Å². The summed E-state index contributed by atoms with van der Waals surface area (Å²) in [6, 6.07) is 23.4. The summed E-state index contributed by atoms with van der Waals surface area (Å²) in [5.74, 6) is 0.0883. The molecule has 0 saturated carbocycles. The lowest BCUT2D eigenvalue weighted by atomic mass is 9.86. The molecule has 0 spiro atoms. The highest BCUT2D eigenvalue weighted by Gasteiger charge is 2.23. The number of hydrogen-bond donors (Lipinski definition) is 2. The van der Waals surface area contributed by atoms with E-state index in [-0.39, 0.29) is 17.4 Å². The van der Waals surface area contributed by atoms with E-state index >= 15 is 0 Å². The summed E-state index contributed by atoms with van der Waals surface area (Å²) in [7, 11) is 0. The third-order valence-corrected chi connectivity index (χ3v) is 6.70. The first-order chi connectivity index (χ1) is 17.2. The maximum atomic E-state index is 13.0. The number of benzene rings is 3. The van der Waals surface area contributed by atoms with Crippen molar-refractivity contribution in [3.63, 3.8) is 0 Å². The van der Waals surface area contributed by atoms with Crippen molar-refractivity contribution in [3.8, 4) is 0 Å². The number of nitrogens with zero attached hydrogens (tertiary/aromatic N) is 2. The monoisotopic (exact) mass is 484 g/mol. The molecule has 0 radical (unpaired) electrons. The van der Waals surface area contributed by atoms with Gasteiger partial charge in [-0.25, -0.2) is 4.79 Å². The van der Waals surface area contributed by atoms with Crippen molar-refractivity contribution >= 4 is 29.0 Å². The predicted octanol–water partition coefficient (Wildman–Crippen LogP) is 6.15. The van der Waals surface area contributed by atoms with E-state index in [1.165, 1.54) is 5.56 Å². The van der Waals surface area contributed by atoms with Gasteiger partial charge in [0.2, 0.25) is 0 Å². The number of carbonyl (C=O) groups is 2. The zero-order valence-corrected chi connectivity index (χ0v) is 21.7. The molecule has 3 aromatic carbocycles. The molecule has 36 heavy (non-hydrogen) atoms. The van der Waals surface area contributed by atoms with Gasteiger partial charge in [0, 0.05) is 48.8 Å². The van der Waals surface area contributed by atoms with Crippen molar-refractivity contribution in [2.24, 2.45) is 0 Å². The average Bonchev–Trinajstić information content (AvgIpc) is 2.89. The van der Waals surface area contributed by atoms with Crippen LogP contribution in [0.25, 0.3) is 0 Å². The Labute approximate surface area is 214 Å². The van der Waals surface area contributed by atoms with Gasteiger partial charge in [-0.2, -0.15) is 0 Å². The summed E-state index contributed by atoms with van der Waals surface area (Å²) in [5.41, 5.74) is 5.78. The molecular weight excluding hydrogens is 448 g/mol. The molecule has 0 bridgehead atoms. The Balaban J connectivity index is 1.29. The van der Waals surface area contributed by atoms with E-state index in [0.29, 0.717) is 13.1 Å². The maximum Gasteiger partial charge on any atom is 0.323 e.